The van der Waals surface area contributed by atoms with Gasteiger partial charge >= 0.3 is 12.2 Å². The molecule has 142 valence electrons. The van der Waals surface area contributed by atoms with Crippen molar-refractivity contribution in [3.8, 4) is 0 Å². The number of carbonyl (C=O) groups excluding carboxylic acids is 2. The van der Waals surface area contributed by atoms with Crippen LogP contribution in [0.5, 0.6) is 0 Å². The van der Waals surface area contributed by atoms with Gasteiger partial charge in [-0.1, -0.05) is 42.5 Å². The number of carbonyl (C=O) groups is 2. The molecule has 0 spiro atoms. The molecule has 2 aromatic rings. The minimum atomic E-state index is -5.27. The Balaban J connectivity index is 2.18. The van der Waals surface area contributed by atoms with E-state index in [0.717, 1.165) is 24.3 Å². The monoisotopic (exact) mass is 382 g/mol. The van der Waals surface area contributed by atoms with Crippen molar-refractivity contribution >= 4 is 11.8 Å². The van der Waals surface area contributed by atoms with Crippen molar-refractivity contribution in [3.63, 3.8) is 0 Å². The van der Waals surface area contributed by atoms with Crippen molar-refractivity contribution in [2.45, 2.75) is 17.9 Å². The van der Waals surface area contributed by atoms with Crippen molar-refractivity contribution in [1.82, 2.24) is 10.6 Å². The Kier molecular flexibility index (Phi) is 4.64. The molecule has 3 N–H and O–H groups in total. The summed E-state index contributed by atoms with van der Waals surface area (Å²) < 4.78 is 53.0. The number of Topliss-reactive ketones (excluding diaryl/α,β-unsaturated/α-hetero) is 1. The summed E-state index contributed by atoms with van der Waals surface area (Å²) in [6, 6.07) is 8.82. The predicted molar refractivity (Wildman–Crippen MR) is 85.7 cm³/mol. The fraction of sp³-hybridized carbons (Fsp3) is 0.222. The van der Waals surface area contributed by atoms with Gasteiger partial charge in [-0.2, -0.15) is 13.2 Å². The highest BCUT2D eigenvalue weighted by Gasteiger charge is 2.59. The standard InChI is InChI=1S/C18H14F4N2O3/c19-12-8-6-10(7-9-12)14-13(15(25)18(20,21)22)17(27,24-16(26)23-14)11-4-2-1-3-5-11/h1-9,13-14,27H,(H2,23,24,26)/t13-,14-,17-/m1/s1. The van der Waals surface area contributed by atoms with Gasteiger partial charge in [-0.25, -0.2) is 9.18 Å². The lowest BCUT2D eigenvalue weighted by atomic mass is 9.76. The number of hydrogen-bond donors (Lipinski definition) is 3. The van der Waals surface area contributed by atoms with E-state index in [0.29, 0.717) is 0 Å². The van der Waals surface area contributed by atoms with Crippen molar-refractivity contribution in [2.24, 2.45) is 5.92 Å². The van der Waals surface area contributed by atoms with Crippen LogP contribution in [0.25, 0.3) is 0 Å². The number of nitrogens with one attached hydrogen (secondary N) is 2. The number of ketones is 1. The fourth-order valence-corrected chi connectivity index (χ4v) is 3.16. The summed E-state index contributed by atoms with van der Waals surface area (Å²) in [6.07, 6.45) is -5.27. The number of benzene rings is 2. The Labute approximate surface area is 151 Å². The Bertz CT molecular complexity index is 855. The van der Waals surface area contributed by atoms with Crippen LogP contribution in [-0.2, 0) is 10.5 Å². The third-order valence-electron chi connectivity index (χ3n) is 4.38. The van der Waals surface area contributed by atoms with Crippen molar-refractivity contribution in [1.29, 1.82) is 0 Å². The number of halogens is 4. The lowest BCUT2D eigenvalue weighted by Crippen LogP contribution is -2.66. The summed E-state index contributed by atoms with van der Waals surface area (Å²) in [5.41, 5.74) is -2.66. The maximum absolute atomic E-state index is 13.3. The van der Waals surface area contributed by atoms with Gasteiger partial charge in [0.15, 0.2) is 5.72 Å². The SMILES string of the molecule is O=C1N[C@H](c2ccc(F)cc2)[C@H](C(=O)C(F)(F)F)[C@](O)(c2ccccc2)N1. The normalized spacial score (nSPS) is 25.4. The Morgan fingerprint density at radius 2 is 1.63 bits per heavy atom. The molecule has 1 aliphatic rings. The Morgan fingerprint density at radius 3 is 2.19 bits per heavy atom. The van der Waals surface area contributed by atoms with Gasteiger partial charge in [-0.3, -0.25) is 4.79 Å². The minimum Gasteiger partial charge on any atom is -0.366 e. The van der Waals surface area contributed by atoms with Gasteiger partial charge in [0.25, 0.3) is 0 Å². The van der Waals surface area contributed by atoms with Gasteiger partial charge in [-0.05, 0) is 17.7 Å². The summed E-state index contributed by atoms with van der Waals surface area (Å²) >= 11 is 0. The predicted octanol–water partition coefficient (Wildman–Crippen LogP) is 2.77. The molecular formula is C18H14F4N2O3. The van der Waals surface area contributed by atoms with Crippen LogP contribution in [0.2, 0.25) is 0 Å². The van der Waals surface area contributed by atoms with Crippen molar-refractivity contribution < 1.29 is 32.3 Å². The number of urea groups is 1. The highest BCUT2D eigenvalue weighted by molar-refractivity contribution is 5.91. The van der Waals surface area contributed by atoms with Crippen LogP contribution in [0.1, 0.15) is 17.2 Å². The second-order valence-electron chi connectivity index (χ2n) is 6.10. The third kappa shape index (κ3) is 3.50. The second kappa shape index (κ2) is 6.66. The van der Waals surface area contributed by atoms with E-state index < -0.39 is 41.5 Å². The summed E-state index contributed by atoms with van der Waals surface area (Å²) in [5, 5.41) is 15.3. The first-order valence-corrected chi connectivity index (χ1v) is 7.86. The molecule has 2 amide bonds. The lowest BCUT2D eigenvalue weighted by molar-refractivity contribution is -0.190. The van der Waals surface area contributed by atoms with Crippen LogP contribution in [0, 0.1) is 11.7 Å². The van der Waals surface area contributed by atoms with Gasteiger partial charge in [0, 0.05) is 5.56 Å². The molecule has 3 atom stereocenters. The molecule has 2 aromatic carbocycles. The maximum Gasteiger partial charge on any atom is 0.450 e. The molecule has 3 rings (SSSR count). The quantitative estimate of drug-likeness (QED) is 0.715. The smallest absolute Gasteiger partial charge is 0.366 e. The van der Waals surface area contributed by atoms with E-state index in [4.69, 9.17) is 0 Å². The second-order valence-corrected chi connectivity index (χ2v) is 6.10. The number of rotatable bonds is 3. The topological polar surface area (TPSA) is 78.4 Å². The molecule has 9 heteroatoms. The van der Waals surface area contributed by atoms with Crippen LogP contribution < -0.4 is 10.6 Å². The number of alkyl halides is 3. The van der Waals surface area contributed by atoms with E-state index >= 15 is 0 Å². The molecule has 5 nitrogen and oxygen atoms in total. The first kappa shape index (κ1) is 18.8. The van der Waals surface area contributed by atoms with Crippen LogP contribution in [0.3, 0.4) is 0 Å². The Hall–Kier alpha value is -2.94. The zero-order chi connectivity index (χ0) is 19.8. The maximum atomic E-state index is 13.3. The third-order valence-corrected chi connectivity index (χ3v) is 4.38. The van der Waals surface area contributed by atoms with E-state index in [2.05, 4.69) is 5.32 Å². The largest absolute Gasteiger partial charge is 0.450 e. The molecule has 0 saturated carbocycles. The molecule has 1 heterocycles. The van der Waals surface area contributed by atoms with E-state index in [9.17, 15) is 32.3 Å². The number of amides is 2. The van der Waals surface area contributed by atoms with Gasteiger partial charge in [0.05, 0.1) is 6.04 Å². The van der Waals surface area contributed by atoms with Gasteiger partial charge < -0.3 is 15.7 Å². The van der Waals surface area contributed by atoms with E-state index in [1.54, 1.807) is 6.07 Å². The van der Waals surface area contributed by atoms with E-state index in [-0.39, 0.29) is 11.1 Å². The molecule has 27 heavy (non-hydrogen) atoms. The summed E-state index contributed by atoms with van der Waals surface area (Å²) in [6.45, 7) is 0. The first-order valence-electron chi connectivity index (χ1n) is 7.86. The molecule has 0 radical (unpaired) electrons. The summed E-state index contributed by atoms with van der Waals surface area (Å²) in [7, 11) is 0. The lowest BCUT2D eigenvalue weighted by Gasteiger charge is -2.45. The fourth-order valence-electron chi connectivity index (χ4n) is 3.16. The van der Waals surface area contributed by atoms with Gasteiger partial charge in [0.1, 0.15) is 11.7 Å². The molecule has 0 bridgehead atoms. The average molecular weight is 382 g/mol. The van der Waals surface area contributed by atoms with Gasteiger partial charge in [-0.15, -0.1) is 0 Å². The first-order chi connectivity index (χ1) is 12.6. The average Bonchev–Trinajstić information content (AvgIpc) is 2.61. The molecule has 1 aliphatic heterocycles. The zero-order valence-corrected chi connectivity index (χ0v) is 13.6. The molecule has 0 aliphatic carbocycles. The highest BCUT2D eigenvalue weighted by atomic mass is 19.4. The van der Waals surface area contributed by atoms with Crippen LogP contribution in [0.4, 0.5) is 22.4 Å². The molecule has 0 unspecified atom stereocenters. The minimum absolute atomic E-state index is 0.0446. The molecular weight excluding hydrogens is 368 g/mol. The number of hydrogen-bond acceptors (Lipinski definition) is 3. The molecule has 0 aromatic heterocycles. The van der Waals surface area contributed by atoms with Crippen LogP contribution in [0.15, 0.2) is 54.6 Å². The number of aliphatic hydroxyl groups is 1. The van der Waals surface area contributed by atoms with E-state index in [1.165, 1.54) is 24.3 Å². The van der Waals surface area contributed by atoms with Crippen molar-refractivity contribution in [2.75, 3.05) is 0 Å². The Morgan fingerprint density at radius 1 is 1.04 bits per heavy atom. The zero-order valence-electron chi connectivity index (χ0n) is 13.6. The summed E-state index contributed by atoms with van der Waals surface area (Å²) in [5.74, 6) is -5.00. The van der Waals surface area contributed by atoms with Crippen LogP contribution in [-0.4, -0.2) is 23.1 Å². The highest BCUT2D eigenvalue weighted by Crippen LogP contribution is 2.42. The van der Waals surface area contributed by atoms with Crippen LogP contribution >= 0.6 is 0 Å². The van der Waals surface area contributed by atoms with Gasteiger partial charge in [0.2, 0.25) is 5.78 Å². The summed E-state index contributed by atoms with van der Waals surface area (Å²) in [4.78, 5) is 24.3. The molecule has 1 fully saturated rings. The van der Waals surface area contributed by atoms with Crippen molar-refractivity contribution in [3.05, 3.63) is 71.5 Å². The molecule has 1 saturated heterocycles. The van der Waals surface area contributed by atoms with E-state index in [1.807, 2.05) is 5.32 Å².